The Bertz CT molecular complexity index is 713. The predicted molar refractivity (Wildman–Crippen MR) is 88.9 cm³/mol. The second-order valence-corrected chi connectivity index (χ2v) is 5.53. The topological polar surface area (TPSA) is 107 Å². The van der Waals surface area contributed by atoms with Gasteiger partial charge in [0.1, 0.15) is 12.6 Å². The molecule has 6 nitrogen and oxygen atoms in total. The van der Waals surface area contributed by atoms with Crippen LogP contribution >= 0.6 is 0 Å². The highest BCUT2D eigenvalue weighted by Crippen LogP contribution is 2.44. The van der Waals surface area contributed by atoms with Gasteiger partial charge < -0.3 is 20.6 Å². The van der Waals surface area contributed by atoms with Gasteiger partial charge in [-0.15, -0.1) is 0 Å². The van der Waals surface area contributed by atoms with Gasteiger partial charge in [-0.25, -0.2) is 4.79 Å². The van der Waals surface area contributed by atoms with Gasteiger partial charge in [-0.3, -0.25) is 4.79 Å². The van der Waals surface area contributed by atoms with Gasteiger partial charge in [-0.05, 0) is 29.2 Å². The van der Waals surface area contributed by atoms with Crippen LogP contribution in [-0.2, 0) is 9.53 Å². The van der Waals surface area contributed by atoms with E-state index in [0.717, 1.165) is 22.3 Å². The zero-order chi connectivity index (χ0) is 16.4. The number of fused-ring (bicyclic) bond motifs is 3. The van der Waals surface area contributed by atoms with E-state index in [1.807, 2.05) is 36.4 Å². The Morgan fingerprint density at radius 3 is 2.08 bits per heavy atom. The molecule has 1 aliphatic carbocycles. The molecule has 4 N–H and O–H groups in total. The molecule has 1 amide bonds. The smallest absolute Gasteiger partial charge is 0.407 e. The fourth-order valence-corrected chi connectivity index (χ4v) is 2.88. The highest BCUT2D eigenvalue weighted by Gasteiger charge is 2.29. The van der Waals surface area contributed by atoms with Crippen molar-refractivity contribution in [1.29, 1.82) is 0 Å². The zero-order valence-electron chi connectivity index (χ0n) is 13.2. The summed E-state index contributed by atoms with van der Waals surface area (Å²) in [6.45, 7) is 1.57. The molecule has 0 bridgehead atoms. The summed E-state index contributed by atoms with van der Waals surface area (Å²) in [4.78, 5) is 22.5. The van der Waals surface area contributed by atoms with Crippen LogP contribution in [0, 0.1) is 0 Å². The van der Waals surface area contributed by atoms with Crippen molar-refractivity contribution in [3.63, 3.8) is 0 Å². The van der Waals surface area contributed by atoms with Gasteiger partial charge in [0.2, 0.25) is 0 Å². The van der Waals surface area contributed by atoms with E-state index in [4.69, 9.17) is 9.84 Å². The molecule has 1 aliphatic rings. The highest BCUT2D eigenvalue weighted by molar-refractivity contribution is 5.80. The van der Waals surface area contributed by atoms with E-state index < -0.39 is 18.1 Å². The number of nitrogens with one attached hydrogen (secondary N) is 1. The first-order chi connectivity index (χ1) is 11.1. The van der Waals surface area contributed by atoms with Crippen LogP contribution in [0.1, 0.15) is 24.0 Å². The van der Waals surface area contributed by atoms with Gasteiger partial charge in [0, 0.05) is 5.92 Å². The number of ether oxygens (including phenoxy) is 1. The molecular formula is C18H19NO5. The van der Waals surface area contributed by atoms with E-state index in [-0.39, 0.29) is 18.0 Å². The maximum Gasteiger partial charge on any atom is 0.407 e. The molecule has 1 atom stereocenters. The van der Waals surface area contributed by atoms with E-state index in [0.29, 0.717) is 0 Å². The summed E-state index contributed by atoms with van der Waals surface area (Å²) < 4.78 is 5.25. The molecule has 0 aromatic heterocycles. The molecule has 0 heterocycles. The largest absolute Gasteiger partial charge is 0.480 e. The van der Waals surface area contributed by atoms with Gasteiger partial charge in [-0.1, -0.05) is 48.5 Å². The van der Waals surface area contributed by atoms with E-state index in [2.05, 4.69) is 17.4 Å². The fourth-order valence-electron chi connectivity index (χ4n) is 2.88. The van der Waals surface area contributed by atoms with Gasteiger partial charge >= 0.3 is 12.1 Å². The number of carboxylic acids is 1. The molecule has 2 aromatic carbocycles. The van der Waals surface area contributed by atoms with Crippen LogP contribution in [0.4, 0.5) is 4.79 Å². The lowest BCUT2D eigenvalue weighted by molar-refractivity contribution is -0.138. The standard InChI is InChI=1S/C18H17NO4.H2O/c1-11(17(20)21)19-18(22)23-10-16-14-8-4-2-6-12(14)13-7-3-5-9-15(13)16;/h2-9,11,16H,10H2,1H3,(H,19,22)(H,20,21);1H2. The normalized spacial score (nSPS) is 13.2. The molecule has 0 radical (unpaired) electrons. The molecule has 24 heavy (non-hydrogen) atoms. The second-order valence-electron chi connectivity index (χ2n) is 5.53. The summed E-state index contributed by atoms with van der Waals surface area (Å²) in [6.07, 6.45) is -0.721. The van der Waals surface area contributed by atoms with Crippen LogP contribution in [0.25, 0.3) is 11.1 Å². The van der Waals surface area contributed by atoms with E-state index in [1.165, 1.54) is 6.92 Å². The van der Waals surface area contributed by atoms with E-state index in [1.54, 1.807) is 0 Å². The minimum atomic E-state index is -1.10. The number of alkyl carbamates (subject to hydrolysis) is 1. The summed E-state index contributed by atoms with van der Waals surface area (Å²) >= 11 is 0. The Labute approximate surface area is 139 Å². The van der Waals surface area contributed by atoms with Crippen molar-refractivity contribution in [2.24, 2.45) is 0 Å². The van der Waals surface area contributed by atoms with Crippen molar-refractivity contribution in [3.05, 3.63) is 59.7 Å². The van der Waals surface area contributed by atoms with Gasteiger partial charge in [0.25, 0.3) is 0 Å². The molecule has 2 aromatic rings. The highest BCUT2D eigenvalue weighted by atomic mass is 16.5. The Morgan fingerprint density at radius 1 is 1.08 bits per heavy atom. The number of aliphatic carboxylic acids is 1. The first kappa shape index (κ1) is 17.5. The van der Waals surface area contributed by atoms with Crippen molar-refractivity contribution in [2.75, 3.05) is 6.61 Å². The Kier molecular flexibility index (Phi) is 5.21. The number of amides is 1. The summed E-state index contributed by atoms with van der Waals surface area (Å²) in [5.74, 6) is -1.13. The quantitative estimate of drug-likeness (QED) is 0.896. The first-order valence-corrected chi connectivity index (χ1v) is 7.42. The molecule has 0 saturated heterocycles. The van der Waals surface area contributed by atoms with Crippen molar-refractivity contribution in [1.82, 2.24) is 5.32 Å². The summed E-state index contributed by atoms with van der Waals surface area (Å²) in [5, 5.41) is 11.1. The van der Waals surface area contributed by atoms with Crippen LogP contribution < -0.4 is 5.32 Å². The SMILES string of the molecule is CC(NC(=O)OCC1c2ccccc2-c2ccccc21)C(=O)O.O. The third kappa shape index (κ3) is 3.23. The van der Waals surface area contributed by atoms with Crippen LogP contribution in [0.5, 0.6) is 0 Å². The molecular weight excluding hydrogens is 310 g/mol. The number of benzene rings is 2. The minimum Gasteiger partial charge on any atom is -0.480 e. The maximum atomic E-state index is 11.7. The molecule has 126 valence electrons. The van der Waals surface area contributed by atoms with Gasteiger partial charge in [0.15, 0.2) is 0 Å². The monoisotopic (exact) mass is 329 g/mol. The number of rotatable bonds is 4. The van der Waals surface area contributed by atoms with Crippen LogP contribution in [0.3, 0.4) is 0 Å². The van der Waals surface area contributed by atoms with Crippen molar-refractivity contribution < 1.29 is 24.9 Å². The minimum absolute atomic E-state index is 0. The van der Waals surface area contributed by atoms with E-state index in [9.17, 15) is 9.59 Å². The van der Waals surface area contributed by atoms with Crippen LogP contribution in [0.2, 0.25) is 0 Å². The number of hydrogen-bond acceptors (Lipinski definition) is 3. The third-order valence-corrected chi connectivity index (χ3v) is 4.05. The zero-order valence-corrected chi connectivity index (χ0v) is 13.2. The van der Waals surface area contributed by atoms with Gasteiger partial charge in [-0.2, -0.15) is 0 Å². The lowest BCUT2D eigenvalue weighted by Crippen LogP contribution is -2.39. The second kappa shape index (κ2) is 7.14. The summed E-state index contributed by atoms with van der Waals surface area (Å²) in [5.41, 5.74) is 4.53. The Morgan fingerprint density at radius 2 is 1.58 bits per heavy atom. The molecule has 3 rings (SSSR count). The Hall–Kier alpha value is -2.86. The molecule has 0 aliphatic heterocycles. The molecule has 1 unspecified atom stereocenters. The first-order valence-electron chi connectivity index (χ1n) is 7.42. The van der Waals surface area contributed by atoms with Crippen molar-refractivity contribution in [2.45, 2.75) is 18.9 Å². The third-order valence-electron chi connectivity index (χ3n) is 4.05. The maximum absolute atomic E-state index is 11.7. The fraction of sp³-hybridized carbons (Fsp3) is 0.222. The van der Waals surface area contributed by atoms with Crippen LogP contribution in [-0.4, -0.2) is 35.3 Å². The van der Waals surface area contributed by atoms with Crippen molar-refractivity contribution in [3.8, 4) is 11.1 Å². The molecule has 0 saturated carbocycles. The molecule has 6 heteroatoms. The number of carboxylic acid groups (broad SMARTS) is 1. The lowest BCUT2D eigenvalue weighted by Gasteiger charge is -2.15. The molecule has 0 spiro atoms. The lowest BCUT2D eigenvalue weighted by atomic mass is 9.98. The Balaban J connectivity index is 0.00000208. The van der Waals surface area contributed by atoms with Crippen molar-refractivity contribution >= 4 is 12.1 Å². The summed E-state index contributed by atoms with van der Waals surface area (Å²) in [6, 6.07) is 15.1. The molecule has 0 fully saturated rings. The summed E-state index contributed by atoms with van der Waals surface area (Å²) in [7, 11) is 0. The number of carbonyl (C=O) groups is 2. The van der Waals surface area contributed by atoms with E-state index >= 15 is 0 Å². The number of carbonyl (C=O) groups excluding carboxylic acids is 1. The average molecular weight is 329 g/mol. The average Bonchev–Trinajstić information content (AvgIpc) is 2.87. The number of hydrogen-bond donors (Lipinski definition) is 2. The van der Waals surface area contributed by atoms with Gasteiger partial charge in [0.05, 0.1) is 0 Å². The van der Waals surface area contributed by atoms with Crippen LogP contribution in [0.15, 0.2) is 48.5 Å². The predicted octanol–water partition coefficient (Wildman–Crippen LogP) is 2.17.